The smallest absolute Gasteiger partial charge is 0.351 e. The van der Waals surface area contributed by atoms with Crippen molar-refractivity contribution in [3.05, 3.63) is 24.3 Å². The van der Waals surface area contributed by atoms with Crippen molar-refractivity contribution in [1.29, 1.82) is 0 Å². The fourth-order valence-electron chi connectivity index (χ4n) is 0.932. The van der Waals surface area contributed by atoms with Gasteiger partial charge in [-0.25, -0.2) is 9.18 Å². The van der Waals surface area contributed by atoms with Gasteiger partial charge in [-0.2, -0.15) is 0 Å². The number of thioether (sulfide) groups is 1. The van der Waals surface area contributed by atoms with Gasteiger partial charge in [0.15, 0.2) is 0 Å². The maximum absolute atomic E-state index is 13.2. The first-order chi connectivity index (χ1) is 7.13. The van der Waals surface area contributed by atoms with Gasteiger partial charge in [-0.15, -0.1) is 0 Å². The van der Waals surface area contributed by atoms with E-state index in [0.29, 0.717) is 16.7 Å². The zero-order valence-electron chi connectivity index (χ0n) is 8.14. The first kappa shape index (κ1) is 11.8. The molecule has 3 nitrogen and oxygen atoms in total. The van der Waals surface area contributed by atoms with E-state index in [9.17, 15) is 9.18 Å². The van der Waals surface area contributed by atoms with E-state index < -0.39 is 11.5 Å². The van der Waals surface area contributed by atoms with Crippen molar-refractivity contribution < 1.29 is 19.0 Å². The number of rotatable bonds is 4. The Balaban J connectivity index is 2.58. The molecule has 1 unspecified atom stereocenters. The molecule has 0 radical (unpaired) electrons. The molecule has 1 N–H and O–H groups in total. The first-order valence-electron chi connectivity index (χ1n) is 4.40. The average molecular weight is 230 g/mol. The molecule has 1 aromatic rings. The van der Waals surface area contributed by atoms with Gasteiger partial charge >= 0.3 is 5.97 Å². The van der Waals surface area contributed by atoms with Gasteiger partial charge in [-0.05, 0) is 25.1 Å². The molecular weight excluding hydrogens is 219 g/mol. The first-order valence-corrected chi connectivity index (χ1v) is 5.28. The zero-order chi connectivity index (χ0) is 11.3. The highest BCUT2D eigenvalue weighted by Gasteiger charge is 2.19. The lowest BCUT2D eigenvalue weighted by atomic mass is 10.3. The standard InChI is InChI=1S/C10H11FO3S/c1-2-14-10(13)9(11)15-8-5-3-4-7(12)6-8/h3-6,9,12H,2H2,1H3. The van der Waals surface area contributed by atoms with Crippen LogP contribution in [-0.4, -0.2) is 23.2 Å². The number of benzene rings is 1. The maximum Gasteiger partial charge on any atom is 0.351 e. The molecule has 0 saturated heterocycles. The molecule has 0 heterocycles. The number of carbonyl (C=O) groups is 1. The van der Waals surface area contributed by atoms with Gasteiger partial charge in [-0.3, -0.25) is 0 Å². The highest BCUT2D eigenvalue weighted by atomic mass is 32.2. The summed E-state index contributed by atoms with van der Waals surface area (Å²) in [5.74, 6) is -0.859. The van der Waals surface area contributed by atoms with Crippen molar-refractivity contribution in [2.45, 2.75) is 17.3 Å². The monoisotopic (exact) mass is 230 g/mol. The number of phenols is 1. The van der Waals surface area contributed by atoms with Crippen LogP contribution in [0.25, 0.3) is 0 Å². The van der Waals surface area contributed by atoms with Gasteiger partial charge < -0.3 is 9.84 Å². The van der Waals surface area contributed by atoms with Crippen LogP contribution in [-0.2, 0) is 9.53 Å². The fourth-order valence-corrected chi connectivity index (χ4v) is 1.68. The Hall–Kier alpha value is -1.23. The molecule has 15 heavy (non-hydrogen) atoms. The van der Waals surface area contributed by atoms with Gasteiger partial charge in [0.05, 0.1) is 6.61 Å². The lowest BCUT2D eigenvalue weighted by molar-refractivity contribution is -0.145. The number of carbonyl (C=O) groups excluding carboxylic acids is 1. The zero-order valence-corrected chi connectivity index (χ0v) is 8.96. The topological polar surface area (TPSA) is 46.5 Å². The third kappa shape index (κ3) is 3.79. The van der Waals surface area contributed by atoms with Crippen molar-refractivity contribution in [3.8, 4) is 5.75 Å². The number of aromatic hydroxyl groups is 1. The second-order valence-electron chi connectivity index (χ2n) is 2.68. The molecule has 0 saturated carbocycles. The molecule has 0 bridgehead atoms. The van der Waals surface area contributed by atoms with Crippen molar-refractivity contribution in [3.63, 3.8) is 0 Å². The number of esters is 1. The van der Waals surface area contributed by atoms with Gasteiger partial charge in [0.2, 0.25) is 5.50 Å². The highest BCUT2D eigenvalue weighted by Crippen LogP contribution is 2.27. The third-order valence-electron chi connectivity index (χ3n) is 1.53. The van der Waals surface area contributed by atoms with Gasteiger partial charge in [-0.1, -0.05) is 17.8 Å². The van der Waals surface area contributed by atoms with Gasteiger partial charge in [0, 0.05) is 4.90 Å². The van der Waals surface area contributed by atoms with E-state index in [2.05, 4.69) is 4.74 Å². The van der Waals surface area contributed by atoms with E-state index in [1.807, 2.05) is 0 Å². The number of hydrogen-bond donors (Lipinski definition) is 1. The number of hydrogen-bond acceptors (Lipinski definition) is 4. The largest absolute Gasteiger partial charge is 0.508 e. The third-order valence-corrected chi connectivity index (χ3v) is 2.45. The van der Waals surface area contributed by atoms with E-state index in [-0.39, 0.29) is 12.4 Å². The molecule has 0 aliphatic carbocycles. The minimum absolute atomic E-state index is 0.0380. The summed E-state index contributed by atoms with van der Waals surface area (Å²) in [7, 11) is 0. The molecule has 0 fully saturated rings. The van der Waals surface area contributed by atoms with Gasteiger partial charge in [0.25, 0.3) is 0 Å². The summed E-state index contributed by atoms with van der Waals surface area (Å²) in [5.41, 5.74) is -1.76. The molecule has 5 heteroatoms. The second-order valence-corrected chi connectivity index (χ2v) is 3.80. The molecule has 1 rings (SSSR count). The van der Waals surface area contributed by atoms with Crippen LogP contribution in [0.1, 0.15) is 6.92 Å². The molecule has 1 atom stereocenters. The van der Waals surface area contributed by atoms with Crippen molar-refractivity contribution in [1.82, 2.24) is 0 Å². The van der Waals surface area contributed by atoms with Crippen LogP contribution in [0.3, 0.4) is 0 Å². The summed E-state index contributed by atoms with van der Waals surface area (Å²) in [6.07, 6.45) is 0. The summed E-state index contributed by atoms with van der Waals surface area (Å²) in [6, 6.07) is 6.05. The quantitative estimate of drug-likeness (QED) is 0.637. The Labute approximate surface area is 91.2 Å². The lowest BCUT2D eigenvalue weighted by Gasteiger charge is -2.06. The maximum atomic E-state index is 13.2. The fraction of sp³-hybridized carbons (Fsp3) is 0.300. The number of halogens is 1. The van der Waals surface area contributed by atoms with Crippen LogP contribution >= 0.6 is 11.8 Å². The Bertz CT molecular complexity index is 343. The van der Waals surface area contributed by atoms with Crippen LogP contribution in [0.4, 0.5) is 4.39 Å². The van der Waals surface area contributed by atoms with E-state index >= 15 is 0 Å². The Morgan fingerprint density at radius 1 is 1.67 bits per heavy atom. The average Bonchev–Trinajstić information content (AvgIpc) is 2.18. The minimum Gasteiger partial charge on any atom is -0.508 e. The van der Waals surface area contributed by atoms with E-state index in [4.69, 9.17) is 5.11 Å². The number of phenolic OH excluding ortho intramolecular Hbond substituents is 1. The summed E-state index contributed by atoms with van der Waals surface area (Å²) in [5, 5.41) is 9.12. The molecule has 0 aliphatic rings. The SMILES string of the molecule is CCOC(=O)C(F)Sc1cccc(O)c1. The summed E-state index contributed by atoms with van der Waals surface area (Å²) in [4.78, 5) is 11.4. The van der Waals surface area contributed by atoms with Crippen molar-refractivity contribution >= 4 is 17.7 Å². The predicted molar refractivity (Wildman–Crippen MR) is 55.5 cm³/mol. The molecule has 82 valence electrons. The van der Waals surface area contributed by atoms with Crippen LogP contribution < -0.4 is 0 Å². The van der Waals surface area contributed by atoms with Crippen LogP contribution in [0.15, 0.2) is 29.2 Å². The molecule has 0 amide bonds. The van der Waals surface area contributed by atoms with Crippen LogP contribution in [0.2, 0.25) is 0 Å². The minimum atomic E-state index is -1.76. The van der Waals surface area contributed by atoms with E-state index in [1.165, 1.54) is 12.1 Å². The van der Waals surface area contributed by atoms with Gasteiger partial charge in [0.1, 0.15) is 5.75 Å². The number of ether oxygens (including phenoxy) is 1. The Morgan fingerprint density at radius 2 is 2.40 bits per heavy atom. The van der Waals surface area contributed by atoms with Crippen molar-refractivity contribution in [2.24, 2.45) is 0 Å². The summed E-state index contributed by atoms with van der Waals surface area (Å²) >= 11 is 0.705. The van der Waals surface area contributed by atoms with Crippen LogP contribution in [0, 0.1) is 0 Å². The lowest BCUT2D eigenvalue weighted by Crippen LogP contribution is -2.15. The molecular formula is C10H11FO3S. The Morgan fingerprint density at radius 3 is 3.00 bits per heavy atom. The number of alkyl halides is 1. The van der Waals surface area contributed by atoms with Crippen LogP contribution in [0.5, 0.6) is 5.75 Å². The molecule has 1 aromatic carbocycles. The second kappa shape index (κ2) is 5.60. The highest BCUT2D eigenvalue weighted by molar-refractivity contribution is 8.00. The summed E-state index contributed by atoms with van der Waals surface area (Å²) in [6.45, 7) is 1.77. The normalized spacial score (nSPS) is 12.1. The van der Waals surface area contributed by atoms with E-state index in [1.54, 1.807) is 19.1 Å². The van der Waals surface area contributed by atoms with E-state index in [0.717, 1.165) is 0 Å². The predicted octanol–water partition coefficient (Wildman–Crippen LogP) is 2.34. The molecule has 0 aliphatic heterocycles. The van der Waals surface area contributed by atoms with Crippen molar-refractivity contribution in [2.75, 3.05) is 6.61 Å². The Kier molecular flexibility index (Phi) is 4.42. The molecule has 0 spiro atoms. The summed E-state index contributed by atoms with van der Waals surface area (Å²) < 4.78 is 17.7. The molecule has 0 aromatic heterocycles.